The quantitative estimate of drug-likeness (QED) is 0.133. The maximum atomic E-state index is 10.4. The zero-order valence-electron chi connectivity index (χ0n) is 73.8. The van der Waals surface area contributed by atoms with Crippen molar-refractivity contribution in [2.45, 2.75) is 0 Å². The summed E-state index contributed by atoms with van der Waals surface area (Å²) in [6, 6.07) is 161. The fraction of sp³-hybridized carbons (Fsp3) is 0. The van der Waals surface area contributed by atoms with Crippen molar-refractivity contribution >= 4 is 193 Å². The third-order valence-electron chi connectivity index (χ3n) is 27.0. The molecule has 0 saturated carbocycles. The molecular formula is C125H72N10S3. The molecule has 13 heteroatoms. The molecule has 28 aromatic rings. The smallest absolute Gasteiger partial charge is 0.161 e. The Morgan fingerprint density at radius 1 is 0.203 bits per heavy atom. The predicted octanol–water partition coefficient (Wildman–Crippen LogP) is 33.8. The Morgan fingerprint density at radius 3 is 0.957 bits per heavy atom. The van der Waals surface area contributed by atoms with Crippen LogP contribution in [0.5, 0.6) is 0 Å². The van der Waals surface area contributed by atoms with E-state index in [1.807, 2.05) is 143 Å². The van der Waals surface area contributed by atoms with Crippen LogP contribution >= 0.6 is 34.0 Å². The number of fused-ring (bicyclic) bond motifs is 21. The van der Waals surface area contributed by atoms with Gasteiger partial charge in [0.15, 0.2) is 11.5 Å². The predicted molar refractivity (Wildman–Crippen MR) is 577 cm³/mol. The molecule has 0 aliphatic carbocycles. The van der Waals surface area contributed by atoms with E-state index in [0.717, 1.165) is 111 Å². The average Bonchev–Trinajstić information content (AvgIpc) is 1.56. The van der Waals surface area contributed by atoms with Crippen molar-refractivity contribution < 1.29 is 0 Å². The van der Waals surface area contributed by atoms with E-state index in [1.54, 1.807) is 0 Å². The SMILES string of the molecule is N#Cc1c(-c2ccccc2)c(-c2ccc(-n3c4ccccc4c4cc(-c5ccc6sc7ccccc7c6c5)ccc43)cc2)nc2ccccc12.N#Cc1cc(-c2ccc(-n3c4ccccc4c4cc(-c5ccc6sc7ccccc7c6c5)ccc43)cc2)nc2ccccc12.N#Cc1nc(-c2ccc(-n3c4ccccc4c4cc(-c5ccc6sc7ccccc7c6c5)ccc43)cc2)nc2ccccc12. The van der Waals surface area contributed by atoms with Gasteiger partial charge in [-0.05, 0) is 227 Å². The molecule has 0 saturated heterocycles. The van der Waals surface area contributed by atoms with Crippen LogP contribution in [0, 0.1) is 34.0 Å². The molecule has 0 amide bonds. The first-order chi connectivity index (χ1) is 68.2. The Kier molecular flexibility index (Phi) is 19.4. The van der Waals surface area contributed by atoms with Crippen molar-refractivity contribution in [3.05, 3.63) is 454 Å². The van der Waals surface area contributed by atoms with Gasteiger partial charge < -0.3 is 13.7 Å². The summed E-state index contributed by atoms with van der Waals surface area (Å²) in [7, 11) is 0. The normalized spacial score (nSPS) is 11.6. The monoisotopic (exact) mass is 1810 g/mol. The van der Waals surface area contributed by atoms with Gasteiger partial charge in [0.25, 0.3) is 0 Å². The van der Waals surface area contributed by atoms with E-state index in [-0.39, 0.29) is 0 Å². The van der Waals surface area contributed by atoms with E-state index in [2.05, 4.69) is 364 Å². The average molecular weight is 1810 g/mol. The van der Waals surface area contributed by atoms with Crippen LogP contribution in [0.25, 0.3) is 254 Å². The number of pyridine rings is 2. The summed E-state index contributed by atoms with van der Waals surface area (Å²) in [6.45, 7) is 0. The largest absolute Gasteiger partial charge is 0.309 e. The zero-order valence-corrected chi connectivity index (χ0v) is 76.2. The summed E-state index contributed by atoms with van der Waals surface area (Å²) in [4.78, 5) is 19.3. The van der Waals surface area contributed by atoms with Crippen LogP contribution in [-0.2, 0) is 0 Å². The Balaban J connectivity index is 0.000000107. The number of nitriles is 3. The standard InChI is InChI=1S/C46H27N3S.C40H23N3S.C39H22N4S/c47-28-39-34-12-4-7-15-40(34)48-46(45(39)29-10-2-1-3-11-29)30-18-22-33(23-19-30)49-41-16-8-5-13-35(41)37-26-31(20-24-42(37)49)32-21-25-44-38(27-32)36-14-6-9-17-43(36)50-44;41-24-28-23-36(42-35-10-4-1-7-30(28)35)25-13-17-29(18-14-25)43-37-11-5-2-8-31(37)33-21-26(15-19-38(33)43)27-16-20-40-34(22-27)32-9-3-6-12-39(32)44-40;40-23-34-30-9-1-4-10-33(30)41-39(42-34)24-13-17-27(18-14-24)43-35-11-5-2-7-28(35)31-21-25(15-19-36(31)43)26-16-20-38-32(22-26)29-8-3-6-12-37(29)44-38/h1-27H;1-23H;1-22H. The summed E-state index contributed by atoms with van der Waals surface area (Å²) in [5, 5.41) is 47.6. The van der Waals surface area contributed by atoms with Crippen LogP contribution in [-0.4, -0.2) is 33.6 Å². The maximum absolute atomic E-state index is 10.4. The van der Waals surface area contributed by atoms with Gasteiger partial charge in [0.2, 0.25) is 0 Å². The molecule has 0 fully saturated rings. The van der Waals surface area contributed by atoms with E-state index in [1.165, 1.54) is 137 Å². The fourth-order valence-electron chi connectivity index (χ4n) is 20.4. The van der Waals surface area contributed by atoms with Gasteiger partial charge in [-0.15, -0.1) is 34.0 Å². The highest BCUT2D eigenvalue weighted by molar-refractivity contribution is 7.26. The van der Waals surface area contributed by atoms with E-state index >= 15 is 0 Å². The molecule has 0 atom stereocenters. The highest BCUT2D eigenvalue weighted by atomic mass is 32.1. The molecule has 0 spiro atoms. The summed E-state index contributed by atoms with van der Waals surface area (Å²) in [5.41, 5.74) is 27.8. The molecule has 10 nitrogen and oxygen atoms in total. The lowest BCUT2D eigenvalue weighted by atomic mass is 9.92. The summed E-state index contributed by atoms with van der Waals surface area (Å²) >= 11 is 5.55. The Hall–Kier alpha value is -18.1. The van der Waals surface area contributed by atoms with Gasteiger partial charge in [-0.3, -0.25) is 0 Å². The van der Waals surface area contributed by atoms with Crippen molar-refractivity contribution in [3.63, 3.8) is 0 Å². The molecule has 0 aliphatic heterocycles. The van der Waals surface area contributed by atoms with E-state index in [9.17, 15) is 15.8 Å². The van der Waals surface area contributed by atoms with Crippen molar-refractivity contribution in [1.29, 1.82) is 15.8 Å². The first-order valence-electron chi connectivity index (χ1n) is 45.8. The van der Waals surface area contributed by atoms with Crippen molar-refractivity contribution in [3.8, 4) is 114 Å². The van der Waals surface area contributed by atoms with E-state index in [0.29, 0.717) is 22.6 Å². The highest BCUT2D eigenvalue weighted by Gasteiger charge is 2.24. The van der Waals surface area contributed by atoms with Crippen LogP contribution in [0.1, 0.15) is 16.8 Å². The maximum Gasteiger partial charge on any atom is 0.161 e. The number of thiophene rings is 3. The number of rotatable bonds is 10. The van der Waals surface area contributed by atoms with Gasteiger partial charge in [0, 0.05) is 148 Å². The third-order valence-corrected chi connectivity index (χ3v) is 30.4. The second-order valence-corrected chi connectivity index (χ2v) is 38.0. The minimum Gasteiger partial charge on any atom is -0.309 e. The number of hydrogen-bond donors (Lipinski definition) is 0. The van der Waals surface area contributed by atoms with Crippen LogP contribution in [0.15, 0.2) is 437 Å². The molecule has 138 heavy (non-hydrogen) atoms. The molecule has 0 N–H and O–H groups in total. The fourth-order valence-corrected chi connectivity index (χ4v) is 23.7. The molecule has 9 aromatic heterocycles. The first-order valence-corrected chi connectivity index (χ1v) is 48.2. The van der Waals surface area contributed by atoms with Gasteiger partial charge in [-0.25, -0.2) is 19.9 Å². The molecule has 9 heterocycles. The summed E-state index contributed by atoms with van der Waals surface area (Å²) < 4.78 is 14.9. The first kappa shape index (κ1) is 80.7. The number of hydrogen-bond acceptors (Lipinski definition) is 10. The lowest BCUT2D eigenvalue weighted by Crippen LogP contribution is -1.97. The Labute approximate surface area is 803 Å². The minimum atomic E-state index is 0.388. The molecule has 28 rings (SSSR count). The number of aromatic nitrogens is 7. The van der Waals surface area contributed by atoms with Gasteiger partial charge in [-0.1, -0.05) is 249 Å². The molecular weight excluding hydrogens is 1740 g/mol. The third kappa shape index (κ3) is 13.7. The lowest BCUT2D eigenvalue weighted by Gasteiger charge is -2.15. The molecule has 0 aliphatic rings. The molecule has 640 valence electrons. The number of benzene rings is 19. The minimum absolute atomic E-state index is 0.388. The Bertz CT molecular complexity index is 9670. The van der Waals surface area contributed by atoms with E-state index in [4.69, 9.17) is 15.0 Å². The van der Waals surface area contributed by atoms with Crippen molar-refractivity contribution in [2.75, 3.05) is 0 Å². The van der Waals surface area contributed by atoms with Gasteiger partial charge in [-0.2, -0.15) is 15.8 Å². The van der Waals surface area contributed by atoms with Crippen molar-refractivity contribution in [2.24, 2.45) is 0 Å². The lowest BCUT2D eigenvalue weighted by molar-refractivity contribution is 1.17. The number of nitrogens with zero attached hydrogens (tertiary/aromatic N) is 10. The van der Waals surface area contributed by atoms with Crippen LogP contribution in [0.3, 0.4) is 0 Å². The highest BCUT2D eigenvalue weighted by Crippen LogP contribution is 2.47. The zero-order chi connectivity index (χ0) is 91.6. The van der Waals surface area contributed by atoms with Crippen molar-refractivity contribution in [1.82, 2.24) is 33.6 Å². The second-order valence-electron chi connectivity index (χ2n) is 34.7. The van der Waals surface area contributed by atoms with Gasteiger partial charge in [0.1, 0.15) is 12.1 Å². The van der Waals surface area contributed by atoms with Gasteiger partial charge >= 0.3 is 0 Å². The molecule has 0 radical (unpaired) electrons. The van der Waals surface area contributed by atoms with Crippen LogP contribution < -0.4 is 0 Å². The second kappa shape index (κ2) is 33.2. The van der Waals surface area contributed by atoms with E-state index < -0.39 is 0 Å². The van der Waals surface area contributed by atoms with Crippen LogP contribution in [0.4, 0.5) is 0 Å². The molecule has 0 unspecified atom stereocenters. The summed E-state index contributed by atoms with van der Waals surface area (Å²) in [5.74, 6) is 0.550. The number of para-hydroxylation sites is 6. The van der Waals surface area contributed by atoms with Gasteiger partial charge in [0.05, 0.1) is 78.2 Å². The molecule has 19 aromatic carbocycles. The Morgan fingerprint density at radius 2 is 0.529 bits per heavy atom. The molecule has 0 bridgehead atoms. The summed E-state index contributed by atoms with van der Waals surface area (Å²) in [6.07, 6.45) is 0. The topological polar surface area (TPSA) is 138 Å². The van der Waals surface area contributed by atoms with Crippen LogP contribution in [0.2, 0.25) is 0 Å².